The molecule has 6 nitrogen and oxygen atoms in total. The molecule has 2 aromatic heterocycles. The number of hydrogen-bond donors (Lipinski definition) is 0. The third-order valence-corrected chi connectivity index (χ3v) is 6.93. The molecule has 35 heavy (non-hydrogen) atoms. The molecule has 1 aliphatic rings. The van der Waals surface area contributed by atoms with Crippen LogP contribution in [0.4, 0.5) is 5.69 Å². The Morgan fingerprint density at radius 2 is 1.80 bits per heavy atom. The molecule has 3 aromatic rings. The summed E-state index contributed by atoms with van der Waals surface area (Å²) in [5.41, 5.74) is 11.5. The van der Waals surface area contributed by atoms with Gasteiger partial charge < -0.3 is 14.3 Å². The zero-order valence-corrected chi connectivity index (χ0v) is 22.2. The molecule has 0 N–H and O–H groups in total. The molecule has 0 radical (unpaired) electrons. The van der Waals surface area contributed by atoms with Gasteiger partial charge in [-0.2, -0.15) is 0 Å². The highest BCUT2D eigenvalue weighted by Gasteiger charge is 2.19. The first kappa shape index (κ1) is 25.0. The molecule has 4 rings (SSSR count). The Bertz CT molecular complexity index is 1200. The summed E-state index contributed by atoms with van der Waals surface area (Å²) in [6, 6.07) is 8.61. The minimum Gasteiger partial charge on any atom is -0.385 e. The van der Waals surface area contributed by atoms with Gasteiger partial charge in [-0.15, -0.1) is 0 Å². The maximum absolute atomic E-state index is 5.81. The van der Waals surface area contributed by atoms with Gasteiger partial charge in [0.05, 0.1) is 17.1 Å². The number of pyridine rings is 1. The van der Waals surface area contributed by atoms with E-state index in [1.165, 1.54) is 46.5 Å². The fourth-order valence-corrected chi connectivity index (χ4v) is 4.89. The summed E-state index contributed by atoms with van der Waals surface area (Å²) in [7, 11) is 0. The van der Waals surface area contributed by atoms with Gasteiger partial charge in [-0.1, -0.05) is 28.0 Å². The molecule has 0 saturated heterocycles. The number of aromatic nitrogens is 2. The van der Waals surface area contributed by atoms with Crippen molar-refractivity contribution in [2.45, 2.75) is 80.3 Å². The van der Waals surface area contributed by atoms with Crippen LogP contribution in [0.3, 0.4) is 0 Å². The number of fused-ring (bicyclic) bond motifs is 1. The minimum absolute atomic E-state index is 0.314. The molecule has 1 atom stereocenters. The van der Waals surface area contributed by atoms with E-state index < -0.39 is 0 Å². The Morgan fingerprint density at radius 3 is 2.54 bits per heavy atom. The third kappa shape index (κ3) is 5.75. The van der Waals surface area contributed by atoms with Crippen molar-refractivity contribution in [1.29, 1.82) is 0 Å². The van der Waals surface area contributed by atoms with Crippen LogP contribution in [0.25, 0.3) is 11.3 Å². The van der Waals surface area contributed by atoms with Gasteiger partial charge >= 0.3 is 0 Å². The number of anilines is 1. The summed E-state index contributed by atoms with van der Waals surface area (Å²) < 4.78 is 5.62. The second-order valence-electron chi connectivity index (χ2n) is 10.0. The summed E-state index contributed by atoms with van der Waals surface area (Å²) in [6.45, 7) is 16.5. The van der Waals surface area contributed by atoms with Crippen LogP contribution in [0.15, 0.2) is 33.9 Å². The number of rotatable bonds is 7. The van der Waals surface area contributed by atoms with Gasteiger partial charge in [0.15, 0.2) is 11.9 Å². The maximum atomic E-state index is 5.81. The SMILES string of the molecule is CC(CCN1CCCCc2nc(C)c(C)cc21)=NO[C@@H](C)c1cc(-c2c(C)cc(C)cc2C)no1. The van der Waals surface area contributed by atoms with E-state index in [0.29, 0.717) is 5.76 Å². The van der Waals surface area contributed by atoms with E-state index in [-0.39, 0.29) is 6.10 Å². The number of benzene rings is 1. The number of hydrogen-bond acceptors (Lipinski definition) is 6. The Hall–Kier alpha value is -3.15. The topological polar surface area (TPSA) is 63.8 Å². The molecule has 0 aliphatic carbocycles. The lowest BCUT2D eigenvalue weighted by Gasteiger charge is -2.25. The molecule has 0 fully saturated rings. The van der Waals surface area contributed by atoms with Crippen molar-refractivity contribution in [2.24, 2.45) is 5.16 Å². The first-order valence-electron chi connectivity index (χ1n) is 12.7. The monoisotopic (exact) mass is 474 g/mol. The van der Waals surface area contributed by atoms with E-state index in [1.54, 1.807) is 0 Å². The van der Waals surface area contributed by atoms with Crippen molar-refractivity contribution in [1.82, 2.24) is 10.1 Å². The largest absolute Gasteiger partial charge is 0.385 e. The summed E-state index contributed by atoms with van der Waals surface area (Å²) in [4.78, 5) is 13.1. The Labute approximate surface area is 209 Å². The first-order valence-corrected chi connectivity index (χ1v) is 12.7. The molecule has 1 aliphatic heterocycles. The van der Waals surface area contributed by atoms with Gasteiger partial charge in [-0.3, -0.25) is 4.98 Å². The van der Waals surface area contributed by atoms with E-state index in [0.717, 1.165) is 48.6 Å². The second kappa shape index (κ2) is 10.6. The highest BCUT2D eigenvalue weighted by molar-refractivity contribution is 5.82. The summed E-state index contributed by atoms with van der Waals surface area (Å²) in [5.74, 6) is 0.675. The van der Waals surface area contributed by atoms with E-state index >= 15 is 0 Å². The van der Waals surface area contributed by atoms with Crippen LogP contribution in [0.5, 0.6) is 0 Å². The zero-order chi connectivity index (χ0) is 25.1. The smallest absolute Gasteiger partial charge is 0.184 e. The highest BCUT2D eigenvalue weighted by Crippen LogP contribution is 2.31. The molecule has 0 unspecified atom stereocenters. The van der Waals surface area contributed by atoms with Crippen molar-refractivity contribution < 1.29 is 9.36 Å². The van der Waals surface area contributed by atoms with Gasteiger partial charge in [0.25, 0.3) is 0 Å². The second-order valence-corrected chi connectivity index (χ2v) is 10.0. The average Bonchev–Trinajstić information content (AvgIpc) is 3.20. The quantitative estimate of drug-likeness (QED) is 0.273. The van der Waals surface area contributed by atoms with E-state index in [4.69, 9.17) is 14.3 Å². The van der Waals surface area contributed by atoms with Gasteiger partial charge in [0.2, 0.25) is 0 Å². The molecule has 0 spiro atoms. The Kier molecular flexibility index (Phi) is 7.58. The van der Waals surface area contributed by atoms with Crippen molar-refractivity contribution in [2.75, 3.05) is 18.0 Å². The zero-order valence-electron chi connectivity index (χ0n) is 22.2. The Balaban J connectivity index is 1.39. The average molecular weight is 475 g/mol. The van der Waals surface area contributed by atoms with Gasteiger partial charge in [-0.25, -0.2) is 0 Å². The van der Waals surface area contributed by atoms with Gasteiger partial charge in [0, 0.05) is 36.8 Å². The summed E-state index contributed by atoms with van der Waals surface area (Å²) in [6.07, 6.45) is 3.95. The van der Waals surface area contributed by atoms with Crippen molar-refractivity contribution in [3.63, 3.8) is 0 Å². The molecule has 186 valence electrons. The van der Waals surface area contributed by atoms with Crippen LogP contribution in [-0.2, 0) is 11.3 Å². The van der Waals surface area contributed by atoms with E-state index in [1.807, 2.05) is 19.9 Å². The van der Waals surface area contributed by atoms with Crippen LogP contribution in [0.2, 0.25) is 0 Å². The van der Waals surface area contributed by atoms with Crippen LogP contribution in [-0.4, -0.2) is 28.9 Å². The number of nitrogens with zero attached hydrogens (tertiary/aromatic N) is 4. The normalized spacial score (nSPS) is 15.1. The molecule has 0 saturated carbocycles. The molecule has 1 aromatic carbocycles. The standard InChI is InChI=1S/C29H38N4O2/c1-18-14-20(3)29(21(4)15-18)26-17-28(35-32-26)24(7)34-31-22(5)11-13-33-12-9-8-10-25-27(33)16-19(2)23(6)30-25/h14-17,24H,8-13H2,1-7H3/t24-/m0/s1. The first-order chi connectivity index (χ1) is 16.7. The van der Waals surface area contributed by atoms with Crippen molar-refractivity contribution >= 4 is 11.4 Å². The lowest BCUT2D eigenvalue weighted by Crippen LogP contribution is -2.27. The highest BCUT2D eigenvalue weighted by atomic mass is 16.6. The molecular formula is C29H38N4O2. The molecular weight excluding hydrogens is 436 g/mol. The molecule has 3 heterocycles. The molecule has 0 amide bonds. The molecule has 6 heteroatoms. The Morgan fingerprint density at radius 1 is 1.06 bits per heavy atom. The van der Waals surface area contributed by atoms with Crippen LogP contribution < -0.4 is 4.90 Å². The van der Waals surface area contributed by atoms with Crippen LogP contribution >= 0.6 is 0 Å². The predicted molar refractivity (Wildman–Crippen MR) is 142 cm³/mol. The van der Waals surface area contributed by atoms with Crippen molar-refractivity contribution in [3.8, 4) is 11.3 Å². The maximum Gasteiger partial charge on any atom is 0.184 e. The van der Waals surface area contributed by atoms with Crippen LogP contribution in [0.1, 0.15) is 78.6 Å². The minimum atomic E-state index is -0.314. The number of oxime groups is 1. The van der Waals surface area contributed by atoms with Gasteiger partial charge in [-0.05, 0) is 90.5 Å². The fourth-order valence-electron chi connectivity index (χ4n) is 4.89. The lowest BCUT2D eigenvalue weighted by molar-refractivity contribution is 0.0513. The summed E-state index contributed by atoms with van der Waals surface area (Å²) >= 11 is 0. The van der Waals surface area contributed by atoms with Gasteiger partial charge in [0.1, 0.15) is 5.69 Å². The van der Waals surface area contributed by atoms with E-state index in [2.05, 4.69) is 68.0 Å². The fraction of sp³-hybridized carbons (Fsp3) is 0.483. The van der Waals surface area contributed by atoms with Crippen molar-refractivity contribution in [3.05, 3.63) is 63.7 Å². The van der Waals surface area contributed by atoms with E-state index in [9.17, 15) is 0 Å². The number of aryl methyl sites for hydroxylation is 6. The predicted octanol–water partition coefficient (Wildman–Crippen LogP) is 6.97. The third-order valence-electron chi connectivity index (χ3n) is 6.93. The molecule has 0 bridgehead atoms. The lowest BCUT2D eigenvalue weighted by atomic mass is 9.97. The summed E-state index contributed by atoms with van der Waals surface area (Å²) in [5, 5.41) is 8.72. The van der Waals surface area contributed by atoms with Crippen LogP contribution in [0, 0.1) is 34.6 Å².